The summed E-state index contributed by atoms with van der Waals surface area (Å²) in [5, 5.41) is 2.74. The third-order valence-electron chi connectivity index (χ3n) is 3.02. The quantitative estimate of drug-likeness (QED) is 0.751. The van der Waals surface area contributed by atoms with Gasteiger partial charge < -0.3 is 15.0 Å². The lowest BCUT2D eigenvalue weighted by Crippen LogP contribution is -2.22. The summed E-state index contributed by atoms with van der Waals surface area (Å²) in [4.78, 5) is 25.2. The van der Waals surface area contributed by atoms with E-state index in [9.17, 15) is 9.59 Å². The fraction of sp³-hybridized carbons (Fsp3) is 0.176. The van der Waals surface area contributed by atoms with Crippen molar-refractivity contribution in [2.24, 2.45) is 0 Å². The number of rotatable bonds is 5. The van der Waals surface area contributed by atoms with E-state index >= 15 is 0 Å². The van der Waals surface area contributed by atoms with Crippen molar-refractivity contribution in [1.82, 2.24) is 4.90 Å². The molecule has 120 valence electrons. The number of carbonyl (C=O) groups is 2. The monoisotopic (exact) mass is 424 g/mol. The van der Waals surface area contributed by atoms with Crippen LogP contribution in [-0.4, -0.2) is 37.4 Å². The average Bonchev–Trinajstić information content (AvgIpc) is 2.54. The van der Waals surface area contributed by atoms with Crippen molar-refractivity contribution >= 4 is 40.1 Å². The van der Waals surface area contributed by atoms with E-state index < -0.39 is 0 Å². The normalized spacial score (nSPS) is 10.0. The standard InChI is InChI=1S/C17H17IN2O3/c1-20(2)17(22)12-7-9-13(10-8-12)19-16(21)11-23-15-6-4-3-5-14(15)18/h3-10H,11H2,1-2H3,(H,19,21). The molecule has 2 aromatic carbocycles. The van der Waals surface area contributed by atoms with Gasteiger partial charge in [-0.25, -0.2) is 0 Å². The first-order valence-corrected chi connectivity index (χ1v) is 8.04. The number of amides is 2. The van der Waals surface area contributed by atoms with Crippen LogP contribution in [0.3, 0.4) is 0 Å². The van der Waals surface area contributed by atoms with Crippen molar-refractivity contribution in [1.29, 1.82) is 0 Å². The highest BCUT2D eigenvalue weighted by atomic mass is 127. The Morgan fingerprint density at radius 1 is 1.09 bits per heavy atom. The molecule has 5 nitrogen and oxygen atoms in total. The Hall–Kier alpha value is -2.09. The highest BCUT2D eigenvalue weighted by molar-refractivity contribution is 14.1. The summed E-state index contributed by atoms with van der Waals surface area (Å²) in [5.74, 6) is 0.344. The van der Waals surface area contributed by atoms with Gasteiger partial charge in [-0.1, -0.05) is 12.1 Å². The lowest BCUT2D eigenvalue weighted by molar-refractivity contribution is -0.118. The van der Waals surface area contributed by atoms with Crippen molar-refractivity contribution in [2.45, 2.75) is 0 Å². The maximum Gasteiger partial charge on any atom is 0.262 e. The smallest absolute Gasteiger partial charge is 0.262 e. The Bertz CT molecular complexity index is 699. The number of anilines is 1. The molecule has 0 unspecified atom stereocenters. The molecule has 0 aliphatic heterocycles. The van der Waals surface area contributed by atoms with Gasteiger partial charge in [-0.3, -0.25) is 9.59 Å². The van der Waals surface area contributed by atoms with E-state index in [1.807, 2.05) is 24.3 Å². The predicted octanol–water partition coefficient (Wildman–Crippen LogP) is 3.01. The molecule has 0 bridgehead atoms. The Morgan fingerprint density at radius 3 is 2.35 bits per heavy atom. The Kier molecular flexibility index (Phi) is 5.97. The van der Waals surface area contributed by atoms with Crippen molar-refractivity contribution < 1.29 is 14.3 Å². The molecule has 0 fully saturated rings. The van der Waals surface area contributed by atoms with Gasteiger partial charge in [-0.15, -0.1) is 0 Å². The molecule has 1 N–H and O–H groups in total. The lowest BCUT2D eigenvalue weighted by atomic mass is 10.2. The van der Waals surface area contributed by atoms with E-state index in [1.165, 1.54) is 4.90 Å². The van der Waals surface area contributed by atoms with Crippen LogP contribution in [0.1, 0.15) is 10.4 Å². The number of nitrogens with zero attached hydrogens (tertiary/aromatic N) is 1. The Labute approximate surface area is 148 Å². The van der Waals surface area contributed by atoms with E-state index in [-0.39, 0.29) is 18.4 Å². The molecule has 0 radical (unpaired) electrons. The van der Waals surface area contributed by atoms with Crippen molar-refractivity contribution in [3.63, 3.8) is 0 Å². The molecule has 0 saturated heterocycles. The number of halogens is 1. The van der Waals surface area contributed by atoms with Gasteiger partial charge in [-0.05, 0) is 59.0 Å². The number of nitrogens with one attached hydrogen (secondary N) is 1. The molecule has 0 spiro atoms. The summed E-state index contributed by atoms with van der Waals surface area (Å²) < 4.78 is 6.43. The summed E-state index contributed by atoms with van der Waals surface area (Å²) in [7, 11) is 3.39. The van der Waals surface area contributed by atoms with Crippen LogP contribution >= 0.6 is 22.6 Å². The highest BCUT2D eigenvalue weighted by Gasteiger charge is 2.09. The lowest BCUT2D eigenvalue weighted by Gasteiger charge is -2.11. The van der Waals surface area contributed by atoms with E-state index in [0.717, 1.165) is 3.57 Å². The number of hydrogen-bond donors (Lipinski definition) is 1. The largest absolute Gasteiger partial charge is 0.483 e. The summed E-state index contributed by atoms with van der Waals surface area (Å²) in [6.45, 7) is -0.0710. The maximum absolute atomic E-state index is 11.9. The number of ether oxygens (including phenoxy) is 1. The van der Waals surface area contributed by atoms with Crippen LogP contribution in [0, 0.1) is 3.57 Å². The third kappa shape index (κ3) is 4.95. The first-order chi connectivity index (χ1) is 11.0. The first-order valence-electron chi connectivity index (χ1n) is 6.96. The van der Waals surface area contributed by atoms with Gasteiger partial charge in [0.1, 0.15) is 5.75 Å². The summed E-state index contributed by atoms with van der Waals surface area (Å²) in [5.41, 5.74) is 1.19. The second kappa shape index (κ2) is 7.96. The van der Waals surface area contributed by atoms with Gasteiger partial charge in [0.25, 0.3) is 11.8 Å². The minimum Gasteiger partial charge on any atom is -0.483 e. The minimum atomic E-state index is -0.253. The third-order valence-corrected chi connectivity index (χ3v) is 3.91. The van der Waals surface area contributed by atoms with Gasteiger partial charge >= 0.3 is 0 Å². The zero-order valence-electron chi connectivity index (χ0n) is 12.9. The van der Waals surface area contributed by atoms with Crippen molar-refractivity contribution in [3.8, 4) is 5.75 Å². The molecule has 6 heteroatoms. The number of carbonyl (C=O) groups excluding carboxylic acids is 2. The van der Waals surface area contributed by atoms with Crippen LogP contribution in [0.2, 0.25) is 0 Å². The Balaban J connectivity index is 1.90. The topological polar surface area (TPSA) is 58.6 Å². The molecule has 0 atom stereocenters. The van der Waals surface area contributed by atoms with Crippen LogP contribution in [0.15, 0.2) is 48.5 Å². The first kappa shape index (κ1) is 17.3. The van der Waals surface area contributed by atoms with E-state index in [0.29, 0.717) is 17.0 Å². The van der Waals surface area contributed by atoms with Crippen molar-refractivity contribution in [3.05, 3.63) is 57.7 Å². The van der Waals surface area contributed by atoms with Crippen molar-refractivity contribution in [2.75, 3.05) is 26.0 Å². The zero-order valence-corrected chi connectivity index (χ0v) is 15.0. The molecular weight excluding hydrogens is 407 g/mol. The van der Waals surface area contributed by atoms with Crippen LogP contribution in [-0.2, 0) is 4.79 Å². The van der Waals surface area contributed by atoms with Gasteiger partial charge in [0, 0.05) is 25.3 Å². The summed E-state index contributed by atoms with van der Waals surface area (Å²) in [6.07, 6.45) is 0. The molecule has 0 aliphatic rings. The second-order valence-electron chi connectivity index (χ2n) is 5.04. The molecule has 0 heterocycles. The van der Waals surface area contributed by atoms with Gasteiger partial charge in [-0.2, -0.15) is 0 Å². The van der Waals surface area contributed by atoms with E-state index in [1.54, 1.807) is 38.4 Å². The van der Waals surface area contributed by atoms with E-state index in [4.69, 9.17) is 4.74 Å². The van der Waals surface area contributed by atoms with Gasteiger partial charge in [0.05, 0.1) is 3.57 Å². The van der Waals surface area contributed by atoms with Crippen LogP contribution in [0.5, 0.6) is 5.75 Å². The van der Waals surface area contributed by atoms with Crippen LogP contribution in [0.4, 0.5) is 5.69 Å². The van der Waals surface area contributed by atoms with E-state index in [2.05, 4.69) is 27.9 Å². The summed E-state index contributed by atoms with van der Waals surface area (Å²) >= 11 is 2.15. The highest BCUT2D eigenvalue weighted by Crippen LogP contribution is 2.19. The second-order valence-corrected chi connectivity index (χ2v) is 6.21. The molecule has 23 heavy (non-hydrogen) atoms. The van der Waals surface area contributed by atoms with Gasteiger partial charge in [0.2, 0.25) is 0 Å². The molecule has 0 aromatic heterocycles. The number of hydrogen-bond acceptors (Lipinski definition) is 3. The molecule has 2 rings (SSSR count). The molecule has 2 amide bonds. The molecule has 2 aromatic rings. The zero-order chi connectivity index (χ0) is 16.8. The maximum atomic E-state index is 11.9. The molecule has 0 aliphatic carbocycles. The number of para-hydroxylation sites is 1. The van der Waals surface area contributed by atoms with Gasteiger partial charge in [0.15, 0.2) is 6.61 Å². The Morgan fingerprint density at radius 2 is 1.74 bits per heavy atom. The average molecular weight is 424 g/mol. The number of benzene rings is 2. The van der Waals surface area contributed by atoms with Crippen LogP contribution in [0.25, 0.3) is 0 Å². The SMILES string of the molecule is CN(C)C(=O)c1ccc(NC(=O)COc2ccccc2I)cc1. The molecule has 0 saturated carbocycles. The predicted molar refractivity (Wildman–Crippen MR) is 97.7 cm³/mol. The summed E-state index contributed by atoms with van der Waals surface area (Å²) in [6, 6.07) is 14.2. The molecular formula is C17H17IN2O3. The fourth-order valence-electron chi connectivity index (χ4n) is 1.86. The van der Waals surface area contributed by atoms with Crippen LogP contribution < -0.4 is 10.1 Å². The fourth-order valence-corrected chi connectivity index (χ4v) is 2.40. The minimum absolute atomic E-state index is 0.0710.